The second-order valence-electron chi connectivity index (χ2n) is 6.95. The van der Waals surface area contributed by atoms with Crippen molar-refractivity contribution in [3.05, 3.63) is 36.4 Å². The zero-order chi connectivity index (χ0) is 17.5. The van der Waals surface area contributed by atoms with Crippen LogP contribution >= 0.6 is 0 Å². The Kier molecular flexibility index (Phi) is 7.13. The topological polar surface area (TPSA) is 43.1 Å². The summed E-state index contributed by atoms with van der Waals surface area (Å²) in [6, 6.07) is 7.09. The van der Waals surface area contributed by atoms with Gasteiger partial charge in [-0.05, 0) is 57.2 Å². The van der Waals surface area contributed by atoms with Crippen LogP contribution in [-0.4, -0.2) is 43.6 Å². The summed E-state index contributed by atoms with van der Waals surface area (Å²) in [5, 5.41) is 10.4. The molecular weight excluding hydrogens is 302 g/mol. The van der Waals surface area contributed by atoms with Crippen LogP contribution in [0.5, 0.6) is 11.5 Å². The maximum atomic E-state index is 10.4. The number of nitrogens with one attached hydrogen (secondary N) is 1. The van der Waals surface area contributed by atoms with Crippen LogP contribution in [0.4, 0.5) is 0 Å². The molecule has 1 aromatic carbocycles. The Morgan fingerprint density at radius 3 is 2.62 bits per heavy atom. The van der Waals surface area contributed by atoms with Crippen molar-refractivity contribution < 1.29 is 19.5 Å². The van der Waals surface area contributed by atoms with Gasteiger partial charge in [-0.1, -0.05) is 12.1 Å². The van der Waals surface area contributed by atoms with Gasteiger partial charge in [-0.3, -0.25) is 0 Å². The van der Waals surface area contributed by atoms with Crippen LogP contribution in [0.2, 0.25) is 0 Å². The fourth-order valence-corrected chi connectivity index (χ4v) is 3.63. The van der Waals surface area contributed by atoms with Crippen molar-refractivity contribution in [2.24, 2.45) is 0 Å². The first kappa shape index (κ1) is 18.8. The Labute approximate surface area is 146 Å². The third-order valence-corrected chi connectivity index (χ3v) is 5.05. The fourth-order valence-electron chi connectivity index (χ4n) is 3.63. The van der Waals surface area contributed by atoms with E-state index in [-0.39, 0.29) is 0 Å². The van der Waals surface area contributed by atoms with Crippen molar-refractivity contribution in [1.29, 1.82) is 0 Å². The van der Waals surface area contributed by atoms with Gasteiger partial charge in [0.15, 0.2) is 11.5 Å². The lowest BCUT2D eigenvalue weighted by Gasteiger charge is -2.36. The highest BCUT2D eigenvalue weighted by Gasteiger charge is 2.30. The molecule has 24 heavy (non-hydrogen) atoms. The summed E-state index contributed by atoms with van der Waals surface area (Å²) in [4.78, 5) is 1.49. The Bertz CT molecular complexity index is 522. The fraction of sp³-hybridized carbons (Fsp3) is 0.600. The molecule has 4 nitrogen and oxygen atoms in total. The van der Waals surface area contributed by atoms with E-state index < -0.39 is 6.10 Å². The minimum Gasteiger partial charge on any atom is -0.493 e. The minimum atomic E-state index is -0.472. The van der Waals surface area contributed by atoms with Crippen molar-refractivity contribution >= 4 is 0 Å². The number of benzene rings is 1. The zero-order valence-electron chi connectivity index (χ0n) is 15.3. The smallest absolute Gasteiger partial charge is 0.161 e. The molecule has 1 aliphatic rings. The van der Waals surface area contributed by atoms with Gasteiger partial charge in [0.05, 0.1) is 19.2 Å². The molecule has 0 saturated carbocycles. The Morgan fingerprint density at radius 2 is 2.00 bits per heavy atom. The van der Waals surface area contributed by atoms with Gasteiger partial charge in [-0.25, -0.2) is 0 Å². The lowest BCUT2D eigenvalue weighted by atomic mass is 9.97. The molecule has 0 aromatic heterocycles. The van der Waals surface area contributed by atoms with Gasteiger partial charge in [0.1, 0.15) is 19.3 Å². The molecule has 0 amide bonds. The maximum absolute atomic E-state index is 10.4. The predicted octanol–water partition coefficient (Wildman–Crippen LogP) is 2.01. The maximum Gasteiger partial charge on any atom is 0.161 e. The van der Waals surface area contributed by atoms with E-state index in [2.05, 4.69) is 20.4 Å². The van der Waals surface area contributed by atoms with Gasteiger partial charge in [0.25, 0.3) is 0 Å². The molecule has 2 N–H and O–H groups in total. The summed E-state index contributed by atoms with van der Waals surface area (Å²) >= 11 is 0. The molecule has 0 radical (unpaired) electrons. The Hall–Kier alpha value is -1.52. The van der Waals surface area contributed by atoms with Gasteiger partial charge in [0.2, 0.25) is 0 Å². The normalized spacial score (nSPS) is 25.1. The number of ether oxygens (including phenoxy) is 2. The molecule has 1 aromatic rings. The van der Waals surface area contributed by atoms with E-state index in [4.69, 9.17) is 9.47 Å². The van der Waals surface area contributed by atoms with E-state index in [9.17, 15) is 5.11 Å². The standard InChI is InChI=1S/C20H31NO3/c1-5-7-17-10-11-19(20(12-17)23-4)24-14-18(22)13-21-15(2)8-6-9-16(21)3/h5,10-12,15-16,18,22H,1,6-9,13-14H2,2-4H3/p+1/t15-,16+,18-/m0/s1. The molecule has 4 atom stereocenters. The lowest BCUT2D eigenvalue weighted by Crippen LogP contribution is -3.20. The molecule has 1 saturated heterocycles. The van der Waals surface area contributed by atoms with E-state index in [0.29, 0.717) is 30.2 Å². The summed E-state index contributed by atoms with van der Waals surface area (Å²) in [7, 11) is 1.64. The van der Waals surface area contributed by atoms with Crippen molar-refractivity contribution in [2.45, 2.75) is 57.7 Å². The highest BCUT2D eigenvalue weighted by atomic mass is 16.5. The average molecular weight is 334 g/mol. The number of hydrogen-bond acceptors (Lipinski definition) is 3. The number of methoxy groups -OCH3 is 1. The number of quaternary nitrogens is 1. The monoisotopic (exact) mass is 334 g/mol. The number of aliphatic hydroxyl groups excluding tert-OH is 1. The number of aliphatic hydroxyl groups is 1. The van der Waals surface area contributed by atoms with Gasteiger partial charge in [0, 0.05) is 0 Å². The number of hydrogen-bond donors (Lipinski definition) is 2. The van der Waals surface area contributed by atoms with E-state index in [1.807, 2.05) is 24.3 Å². The van der Waals surface area contributed by atoms with Crippen LogP contribution in [0.15, 0.2) is 30.9 Å². The second kappa shape index (κ2) is 9.09. The molecule has 0 spiro atoms. The molecule has 1 heterocycles. The van der Waals surface area contributed by atoms with Crippen LogP contribution in [-0.2, 0) is 6.42 Å². The molecule has 2 rings (SSSR count). The van der Waals surface area contributed by atoms with Crippen molar-refractivity contribution in [2.75, 3.05) is 20.3 Å². The molecular formula is C20H32NO3+. The van der Waals surface area contributed by atoms with E-state index in [1.165, 1.54) is 24.2 Å². The quantitative estimate of drug-likeness (QED) is 0.715. The highest BCUT2D eigenvalue weighted by Crippen LogP contribution is 2.28. The first-order chi connectivity index (χ1) is 11.5. The number of allylic oxidation sites excluding steroid dienone is 1. The highest BCUT2D eigenvalue weighted by molar-refractivity contribution is 5.43. The molecule has 1 unspecified atom stereocenters. The SMILES string of the molecule is C=CCc1ccc(OC[C@@H](O)C[NH+]2[C@H](C)CCC[C@@H]2C)c(OC)c1. The molecule has 0 bridgehead atoms. The van der Waals surface area contributed by atoms with Crippen LogP contribution < -0.4 is 14.4 Å². The third kappa shape index (κ3) is 4.99. The van der Waals surface area contributed by atoms with Crippen LogP contribution in [0, 0.1) is 0 Å². The van der Waals surface area contributed by atoms with Crippen molar-refractivity contribution in [3.63, 3.8) is 0 Å². The van der Waals surface area contributed by atoms with Gasteiger partial charge < -0.3 is 19.5 Å². The lowest BCUT2D eigenvalue weighted by molar-refractivity contribution is -0.954. The van der Waals surface area contributed by atoms with Crippen molar-refractivity contribution in [3.8, 4) is 11.5 Å². The van der Waals surface area contributed by atoms with Crippen molar-refractivity contribution in [1.82, 2.24) is 0 Å². The first-order valence-corrected chi connectivity index (χ1v) is 8.99. The van der Waals surface area contributed by atoms with Crippen LogP contribution in [0.25, 0.3) is 0 Å². The average Bonchev–Trinajstić information content (AvgIpc) is 2.57. The van der Waals surface area contributed by atoms with Gasteiger partial charge in [-0.15, -0.1) is 6.58 Å². The molecule has 134 valence electrons. The van der Waals surface area contributed by atoms with E-state index in [1.54, 1.807) is 7.11 Å². The first-order valence-electron chi connectivity index (χ1n) is 8.99. The van der Waals surface area contributed by atoms with Crippen LogP contribution in [0.1, 0.15) is 38.7 Å². The predicted molar refractivity (Wildman–Crippen MR) is 97.0 cm³/mol. The number of likely N-dealkylation sites (tertiary alicyclic amines) is 1. The number of piperidine rings is 1. The van der Waals surface area contributed by atoms with E-state index >= 15 is 0 Å². The molecule has 1 fully saturated rings. The van der Waals surface area contributed by atoms with Gasteiger partial charge in [-0.2, -0.15) is 0 Å². The number of rotatable bonds is 8. The summed E-state index contributed by atoms with van der Waals surface area (Å²) in [5.74, 6) is 1.38. The molecule has 4 heteroatoms. The summed E-state index contributed by atoms with van der Waals surface area (Å²) in [6.07, 6.45) is 5.97. The summed E-state index contributed by atoms with van der Waals surface area (Å²) in [6.45, 7) is 9.34. The van der Waals surface area contributed by atoms with Gasteiger partial charge >= 0.3 is 0 Å². The molecule has 1 aliphatic heterocycles. The third-order valence-electron chi connectivity index (χ3n) is 5.05. The zero-order valence-corrected chi connectivity index (χ0v) is 15.3. The Morgan fingerprint density at radius 1 is 1.29 bits per heavy atom. The van der Waals surface area contributed by atoms with E-state index in [0.717, 1.165) is 18.5 Å². The summed E-state index contributed by atoms with van der Waals surface area (Å²) in [5.41, 5.74) is 1.13. The largest absolute Gasteiger partial charge is 0.493 e. The van der Waals surface area contributed by atoms with Crippen LogP contribution in [0.3, 0.4) is 0 Å². The minimum absolute atomic E-state index is 0.292. The second-order valence-corrected chi connectivity index (χ2v) is 6.95. The molecule has 0 aliphatic carbocycles. The summed E-state index contributed by atoms with van der Waals surface area (Å²) < 4.78 is 11.2. The Balaban J connectivity index is 1.91.